The molecule has 8 heteroatoms. The predicted octanol–water partition coefficient (Wildman–Crippen LogP) is 3.27. The third-order valence-corrected chi connectivity index (χ3v) is 2.40. The van der Waals surface area contributed by atoms with E-state index in [1.54, 1.807) is 31.4 Å². The van der Waals surface area contributed by atoms with Gasteiger partial charge >= 0.3 is 6.09 Å². The molecule has 0 heterocycles. The van der Waals surface area contributed by atoms with Crippen LogP contribution in [0.25, 0.3) is 0 Å². The molecule has 1 rings (SSSR count). The van der Waals surface area contributed by atoms with Crippen LogP contribution in [0.2, 0.25) is 0 Å². The number of carbonyl (C=O) groups excluding carboxylic acids is 1. The Kier molecular flexibility index (Phi) is 7.23. The molecule has 20 heavy (non-hydrogen) atoms. The van der Waals surface area contributed by atoms with E-state index in [9.17, 15) is 4.79 Å². The zero-order valence-corrected chi connectivity index (χ0v) is 13.0. The van der Waals surface area contributed by atoms with Crippen LogP contribution in [0.5, 0.6) is 5.75 Å². The lowest BCUT2D eigenvalue weighted by Crippen LogP contribution is -2.27. The van der Waals surface area contributed by atoms with Crippen LogP contribution in [0.1, 0.15) is 5.56 Å². The van der Waals surface area contributed by atoms with Gasteiger partial charge in [-0.1, -0.05) is 46.9 Å². The summed E-state index contributed by atoms with van der Waals surface area (Å²) in [5.41, 5.74) is 0.876. The molecule has 0 spiro atoms. The Morgan fingerprint density at radius 3 is 2.45 bits per heavy atom. The maximum Gasteiger partial charge on any atom is 0.407 e. The van der Waals surface area contributed by atoms with Gasteiger partial charge in [-0.05, 0) is 17.7 Å². The minimum atomic E-state index is -1.61. The minimum absolute atomic E-state index is 0.181. The Balaban J connectivity index is 2.32. The Labute approximate surface area is 132 Å². The Bertz CT molecular complexity index is 420. The molecule has 0 aliphatic rings. The number of carbonyl (C=O) groups is 1. The maximum absolute atomic E-state index is 11.3. The highest BCUT2D eigenvalue weighted by atomic mass is 35.6. The number of amides is 1. The van der Waals surface area contributed by atoms with Gasteiger partial charge in [0, 0.05) is 13.7 Å². The van der Waals surface area contributed by atoms with Crippen molar-refractivity contribution in [3.05, 3.63) is 29.8 Å². The number of benzene rings is 1. The van der Waals surface area contributed by atoms with E-state index in [4.69, 9.17) is 49.0 Å². The zero-order chi connectivity index (χ0) is 15.0. The molecule has 1 aromatic rings. The highest BCUT2D eigenvalue weighted by molar-refractivity contribution is 6.67. The molecule has 0 aromatic heterocycles. The SMILES string of the molecule is COCOc1ccc(CNC(=O)OCC(Cl)(Cl)Cl)cc1. The molecule has 0 aliphatic heterocycles. The molecule has 0 saturated carbocycles. The van der Waals surface area contributed by atoms with Gasteiger partial charge in [-0.2, -0.15) is 0 Å². The number of ether oxygens (including phenoxy) is 3. The highest BCUT2D eigenvalue weighted by Gasteiger charge is 2.21. The van der Waals surface area contributed by atoms with E-state index >= 15 is 0 Å². The van der Waals surface area contributed by atoms with Gasteiger partial charge in [-0.3, -0.25) is 0 Å². The summed E-state index contributed by atoms with van der Waals surface area (Å²) in [7, 11) is 1.54. The Morgan fingerprint density at radius 1 is 1.25 bits per heavy atom. The van der Waals surface area contributed by atoms with Crippen LogP contribution in [0.3, 0.4) is 0 Å². The second-order valence-corrected chi connectivity index (χ2v) is 6.26. The molecule has 1 N–H and O–H groups in total. The fraction of sp³-hybridized carbons (Fsp3) is 0.417. The first-order chi connectivity index (χ1) is 9.40. The van der Waals surface area contributed by atoms with Crippen molar-refractivity contribution in [2.45, 2.75) is 10.3 Å². The number of hydrogen-bond donors (Lipinski definition) is 1. The third-order valence-electron chi connectivity index (χ3n) is 2.07. The lowest BCUT2D eigenvalue weighted by molar-refractivity contribution is 0.0511. The number of halogens is 3. The topological polar surface area (TPSA) is 56.8 Å². The summed E-state index contributed by atoms with van der Waals surface area (Å²) >= 11 is 16.4. The van der Waals surface area contributed by atoms with Crippen LogP contribution in [-0.2, 0) is 16.0 Å². The second kappa shape index (κ2) is 8.42. The third kappa shape index (κ3) is 7.65. The summed E-state index contributed by atoms with van der Waals surface area (Å²) in [6.45, 7) is 0.164. The normalized spacial score (nSPS) is 11.0. The van der Waals surface area contributed by atoms with Crippen LogP contribution in [0.4, 0.5) is 4.79 Å². The van der Waals surface area contributed by atoms with Gasteiger partial charge in [0.2, 0.25) is 3.79 Å². The average molecular weight is 343 g/mol. The van der Waals surface area contributed by atoms with Gasteiger partial charge in [0.25, 0.3) is 0 Å². The molecule has 0 atom stereocenters. The van der Waals surface area contributed by atoms with Crippen molar-refractivity contribution in [2.24, 2.45) is 0 Å². The molecule has 0 unspecified atom stereocenters. The van der Waals surface area contributed by atoms with Crippen molar-refractivity contribution in [3.8, 4) is 5.75 Å². The number of methoxy groups -OCH3 is 1. The molecule has 0 aliphatic carbocycles. The van der Waals surface area contributed by atoms with Gasteiger partial charge < -0.3 is 19.5 Å². The molecular weight excluding hydrogens is 328 g/mol. The molecule has 5 nitrogen and oxygen atoms in total. The largest absolute Gasteiger partial charge is 0.468 e. The highest BCUT2D eigenvalue weighted by Crippen LogP contribution is 2.25. The lowest BCUT2D eigenvalue weighted by atomic mass is 10.2. The van der Waals surface area contributed by atoms with Crippen LogP contribution in [0.15, 0.2) is 24.3 Å². The predicted molar refractivity (Wildman–Crippen MR) is 77.4 cm³/mol. The first-order valence-corrected chi connectivity index (χ1v) is 6.72. The summed E-state index contributed by atoms with van der Waals surface area (Å²) in [6, 6.07) is 7.14. The molecular formula is C12H14Cl3NO4. The van der Waals surface area contributed by atoms with Gasteiger partial charge in [-0.15, -0.1) is 0 Å². The first kappa shape index (κ1) is 17.2. The summed E-state index contributed by atoms with van der Waals surface area (Å²) < 4.78 is 13.1. The fourth-order valence-corrected chi connectivity index (χ4v) is 1.37. The molecule has 112 valence electrons. The summed E-state index contributed by atoms with van der Waals surface area (Å²) in [5, 5.41) is 2.53. The van der Waals surface area contributed by atoms with Gasteiger partial charge in [0.1, 0.15) is 12.4 Å². The first-order valence-electron chi connectivity index (χ1n) is 5.59. The van der Waals surface area contributed by atoms with Crippen molar-refractivity contribution in [1.82, 2.24) is 5.32 Å². The quantitative estimate of drug-likeness (QED) is 0.637. The molecule has 0 radical (unpaired) electrons. The smallest absolute Gasteiger partial charge is 0.407 e. The summed E-state index contributed by atoms with van der Waals surface area (Å²) in [5.74, 6) is 0.675. The Hall–Kier alpha value is -0.880. The van der Waals surface area contributed by atoms with Crippen LogP contribution >= 0.6 is 34.8 Å². The Morgan fingerprint density at radius 2 is 1.90 bits per heavy atom. The van der Waals surface area contributed by atoms with Crippen LogP contribution in [0, 0.1) is 0 Å². The van der Waals surface area contributed by atoms with Crippen molar-refractivity contribution >= 4 is 40.9 Å². The van der Waals surface area contributed by atoms with Crippen molar-refractivity contribution in [1.29, 1.82) is 0 Å². The summed E-state index contributed by atoms with van der Waals surface area (Å²) in [4.78, 5) is 11.3. The van der Waals surface area contributed by atoms with E-state index in [-0.39, 0.29) is 13.4 Å². The van der Waals surface area contributed by atoms with Gasteiger partial charge in [-0.25, -0.2) is 4.79 Å². The van der Waals surface area contributed by atoms with E-state index in [0.717, 1.165) is 5.56 Å². The number of hydrogen-bond acceptors (Lipinski definition) is 4. The second-order valence-electron chi connectivity index (χ2n) is 3.74. The van der Waals surface area contributed by atoms with Gasteiger partial charge in [0.05, 0.1) is 0 Å². The van der Waals surface area contributed by atoms with Crippen LogP contribution in [-0.4, -0.2) is 30.4 Å². The number of nitrogens with one attached hydrogen (secondary N) is 1. The van der Waals surface area contributed by atoms with E-state index in [2.05, 4.69) is 5.32 Å². The molecule has 1 aromatic carbocycles. The van der Waals surface area contributed by atoms with Crippen LogP contribution < -0.4 is 10.1 Å². The summed E-state index contributed by atoms with van der Waals surface area (Å²) in [6.07, 6.45) is -0.656. The number of alkyl carbamates (subject to hydrolysis) is 1. The molecule has 0 bridgehead atoms. The number of alkyl halides is 3. The van der Waals surface area contributed by atoms with E-state index in [1.165, 1.54) is 0 Å². The molecule has 0 saturated heterocycles. The standard InChI is InChI=1S/C12H14Cl3NO4/c1-18-8-20-10-4-2-9(3-5-10)6-16-11(17)19-7-12(13,14)15/h2-5H,6-8H2,1H3,(H,16,17). The van der Waals surface area contributed by atoms with E-state index in [0.29, 0.717) is 12.3 Å². The van der Waals surface area contributed by atoms with Crippen molar-refractivity contribution < 1.29 is 19.0 Å². The zero-order valence-electron chi connectivity index (χ0n) is 10.7. The van der Waals surface area contributed by atoms with Crippen molar-refractivity contribution in [2.75, 3.05) is 20.5 Å². The van der Waals surface area contributed by atoms with Gasteiger partial charge in [0.15, 0.2) is 6.79 Å². The monoisotopic (exact) mass is 341 g/mol. The molecule has 1 amide bonds. The number of rotatable bonds is 6. The van der Waals surface area contributed by atoms with Crippen molar-refractivity contribution in [3.63, 3.8) is 0 Å². The van der Waals surface area contributed by atoms with E-state index < -0.39 is 9.89 Å². The molecule has 0 fully saturated rings. The minimum Gasteiger partial charge on any atom is -0.468 e. The average Bonchev–Trinajstić information content (AvgIpc) is 2.41. The fourth-order valence-electron chi connectivity index (χ4n) is 1.20. The lowest BCUT2D eigenvalue weighted by Gasteiger charge is -2.12. The van der Waals surface area contributed by atoms with E-state index in [1.807, 2.05) is 0 Å². The maximum atomic E-state index is 11.3.